The molecule has 3 nitrogen and oxygen atoms in total. The Morgan fingerprint density at radius 1 is 1.30 bits per heavy atom. The van der Waals surface area contributed by atoms with E-state index in [-0.39, 0.29) is 12.1 Å². The molecular weight excluding hydrogens is 289 g/mol. The van der Waals surface area contributed by atoms with Crippen LogP contribution < -0.4 is 0 Å². The summed E-state index contributed by atoms with van der Waals surface area (Å²) in [5.74, 6) is 0. The number of rotatable bonds is 3. The first-order valence-electron chi connectivity index (χ1n) is 5.83. The molecule has 1 heterocycles. The van der Waals surface area contributed by atoms with Gasteiger partial charge in [-0.3, -0.25) is 4.68 Å². The van der Waals surface area contributed by atoms with Crippen molar-refractivity contribution in [3.8, 4) is 0 Å². The fourth-order valence-corrected chi connectivity index (χ4v) is 2.39. The number of halogens is 3. The number of nitrogens with zero attached hydrogens (tertiary/aromatic N) is 2. The maximum atomic E-state index is 12.7. The van der Waals surface area contributed by atoms with Crippen LogP contribution in [0.4, 0.5) is 13.2 Å². The minimum Gasteiger partial charge on any atom is -0.392 e. The van der Waals surface area contributed by atoms with Gasteiger partial charge in [0.15, 0.2) is 5.69 Å². The van der Waals surface area contributed by atoms with E-state index in [0.717, 1.165) is 16.0 Å². The third-order valence-corrected chi connectivity index (χ3v) is 3.00. The lowest BCUT2D eigenvalue weighted by atomic mass is 10.1. The molecule has 0 saturated heterocycles. The van der Waals surface area contributed by atoms with Crippen LogP contribution in [0.15, 0.2) is 29.3 Å². The molecule has 20 heavy (non-hydrogen) atoms. The van der Waals surface area contributed by atoms with E-state index in [9.17, 15) is 13.2 Å². The van der Waals surface area contributed by atoms with E-state index >= 15 is 0 Å². The summed E-state index contributed by atoms with van der Waals surface area (Å²) in [4.78, 5) is 0.741. The summed E-state index contributed by atoms with van der Waals surface area (Å²) in [7, 11) is 0. The number of hydrogen-bond donors (Lipinski definition) is 2. The van der Waals surface area contributed by atoms with Crippen LogP contribution >= 0.6 is 12.6 Å². The topological polar surface area (TPSA) is 38.0 Å². The second kappa shape index (κ2) is 5.49. The highest BCUT2D eigenvalue weighted by atomic mass is 32.1. The Bertz CT molecular complexity index is 602. The Kier molecular flexibility index (Phi) is 4.10. The van der Waals surface area contributed by atoms with E-state index in [1.165, 1.54) is 10.9 Å². The summed E-state index contributed by atoms with van der Waals surface area (Å²) >= 11 is 4.23. The Balaban J connectivity index is 2.32. The molecule has 0 unspecified atom stereocenters. The van der Waals surface area contributed by atoms with E-state index in [4.69, 9.17) is 5.11 Å². The van der Waals surface area contributed by atoms with Crippen LogP contribution in [0.2, 0.25) is 0 Å². The Labute approximate surface area is 119 Å². The molecule has 0 amide bonds. The van der Waals surface area contributed by atoms with Gasteiger partial charge in [0.2, 0.25) is 0 Å². The van der Waals surface area contributed by atoms with Crippen molar-refractivity contribution in [3.63, 3.8) is 0 Å². The van der Waals surface area contributed by atoms with Crippen LogP contribution in [-0.2, 0) is 19.3 Å². The molecule has 0 radical (unpaired) electrons. The van der Waals surface area contributed by atoms with E-state index in [1.54, 1.807) is 6.07 Å². The number of aliphatic hydroxyl groups excluding tert-OH is 1. The molecule has 0 fully saturated rings. The molecule has 7 heteroatoms. The van der Waals surface area contributed by atoms with Crippen molar-refractivity contribution < 1.29 is 18.3 Å². The second-order valence-corrected chi connectivity index (χ2v) is 5.05. The highest BCUT2D eigenvalue weighted by molar-refractivity contribution is 7.80. The average molecular weight is 302 g/mol. The number of aliphatic hydroxyl groups is 1. The number of thiol groups is 1. The van der Waals surface area contributed by atoms with Gasteiger partial charge in [0.1, 0.15) is 0 Å². The highest BCUT2D eigenvalue weighted by Crippen LogP contribution is 2.30. The minimum absolute atomic E-state index is 0.193. The molecule has 1 aromatic carbocycles. The number of aryl methyl sites for hydroxylation is 1. The third-order valence-electron chi connectivity index (χ3n) is 2.74. The maximum absolute atomic E-state index is 12.7. The van der Waals surface area contributed by atoms with Gasteiger partial charge in [-0.15, -0.1) is 12.6 Å². The average Bonchev–Trinajstić information content (AvgIpc) is 2.70. The fraction of sp³-hybridized carbons (Fsp3) is 0.308. The van der Waals surface area contributed by atoms with E-state index < -0.39 is 18.5 Å². The first-order valence-corrected chi connectivity index (χ1v) is 6.28. The molecule has 0 saturated carbocycles. The Morgan fingerprint density at radius 2 is 2.00 bits per heavy atom. The maximum Gasteiger partial charge on any atom is 0.435 e. The van der Waals surface area contributed by atoms with Crippen LogP contribution in [0, 0.1) is 6.92 Å². The molecule has 0 aliphatic heterocycles. The number of hydrogen-bond acceptors (Lipinski definition) is 3. The summed E-state index contributed by atoms with van der Waals surface area (Å²) in [6.45, 7) is 1.38. The van der Waals surface area contributed by atoms with Gasteiger partial charge in [0.25, 0.3) is 0 Å². The van der Waals surface area contributed by atoms with Crippen molar-refractivity contribution >= 4 is 12.6 Å². The molecular formula is C13H13F3N2OS. The van der Waals surface area contributed by atoms with Gasteiger partial charge >= 0.3 is 6.18 Å². The van der Waals surface area contributed by atoms with Gasteiger partial charge in [0.05, 0.1) is 13.2 Å². The van der Waals surface area contributed by atoms with Gasteiger partial charge in [-0.25, -0.2) is 0 Å². The first kappa shape index (κ1) is 14.9. The van der Waals surface area contributed by atoms with Crippen molar-refractivity contribution in [2.24, 2.45) is 0 Å². The Morgan fingerprint density at radius 3 is 2.50 bits per heavy atom. The standard InChI is InChI=1S/C13H13F3N2OS/c1-8-2-9(4-11(20)3-8)5-18-6-10(7-19)12(17-18)13(14,15)16/h2-4,6,19-20H,5,7H2,1H3. The zero-order valence-corrected chi connectivity index (χ0v) is 11.5. The van der Waals surface area contributed by atoms with Crippen LogP contribution in [-0.4, -0.2) is 14.9 Å². The lowest BCUT2D eigenvalue weighted by Crippen LogP contribution is -2.10. The Hall–Kier alpha value is -1.47. The lowest BCUT2D eigenvalue weighted by Gasteiger charge is -2.05. The largest absolute Gasteiger partial charge is 0.435 e. The summed E-state index contributed by atoms with van der Waals surface area (Å²) in [6.07, 6.45) is -3.35. The predicted octanol–water partition coefficient (Wildman–Crippen LogP) is 3.04. The number of alkyl halides is 3. The van der Waals surface area contributed by atoms with E-state index in [2.05, 4.69) is 17.7 Å². The molecule has 0 aliphatic carbocycles. The first-order chi connectivity index (χ1) is 9.29. The van der Waals surface area contributed by atoms with Crippen LogP contribution in [0.1, 0.15) is 22.4 Å². The third kappa shape index (κ3) is 3.34. The molecule has 0 atom stereocenters. The fourth-order valence-electron chi connectivity index (χ4n) is 2.02. The van der Waals surface area contributed by atoms with Crippen molar-refractivity contribution in [1.29, 1.82) is 0 Å². The summed E-state index contributed by atoms with van der Waals surface area (Å²) < 4.78 is 39.3. The molecule has 0 spiro atoms. The zero-order chi connectivity index (χ0) is 14.9. The summed E-state index contributed by atoms with van der Waals surface area (Å²) in [6, 6.07) is 5.48. The minimum atomic E-state index is -4.56. The number of benzene rings is 1. The number of aromatic nitrogens is 2. The van der Waals surface area contributed by atoms with Crippen LogP contribution in [0.25, 0.3) is 0 Å². The van der Waals surface area contributed by atoms with Gasteiger partial charge in [-0.05, 0) is 30.2 Å². The van der Waals surface area contributed by atoms with E-state index in [1.807, 2.05) is 19.1 Å². The molecule has 1 N–H and O–H groups in total. The molecule has 108 valence electrons. The second-order valence-electron chi connectivity index (χ2n) is 4.53. The lowest BCUT2D eigenvalue weighted by molar-refractivity contribution is -0.142. The van der Waals surface area contributed by atoms with Gasteiger partial charge in [-0.1, -0.05) is 6.07 Å². The molecule has 1 aromatic heterocycles. The van der Waals surface area contributed by atoms with Crippen molar-refractivity contribution in [2.75, 3.05) is 0 Å². The normalized spacial score (nSPS) is 11.9. The molecule has 2 rings (SSSR count). The van der Waals surface area contributed by atoms with Crippen LogP contribution in [0.5, 0.6) is 0 Å². The predicted molar refractivity (Wildman–Crippen MR) is 70.7 cm³/mol. The van der Waals surface area contributed by atoms with Gasteiger partial charge < -0.3 is 5.11 Å². The summed E-state index contributed by atoms with van der Waals surface area (Å²) in [5.41, 5.74) is 0.504. The van der Waals surface area contributed by atoms with Gasteiger partial charge in [-0.2, -0.15) is 18.3 Å². The van der Waals surface area contributed by atoms with Crippen molar-refractivity contribution in [1.82, 2.24) is 9.78 Å². The molecule has 2 aromatic rings. The SMILES string of the molecule is Cc1cc(S)cc(Cn2cc(CO)c(C(F)(F)F)n2)c1. The monoisotopic (exact) mass is 302 g/mol. The smallest absolute Gasteiger partial charge is 0.392 e. The van der Waals surface area contributed by atoms with Gasteiger partial charge in [0, 0.05) is 16.7 Å². The van der Waals surface area contributed by atoms with Crippen molar-refractivity contribution in [3.05, 3.63) is 46.8 Å². The van der Waals surface area contributed by atoms with E-state index in [0.29, 0.717) is 0 Å². The molecule has 0 bridgehead atoms. The quantitative estimate of drug-likeness (QED) is 0.855. The zero-order valence-electron chi connectivity index (χ0n) is 10.6. The summed E-state index contributed by atoms with van der Waals surface area (Å²) in [5, 5.41) is 12.5. The highest BCUT2D eigenvalue weighted by Gasteiger charge is 2.36. The van der Waals surface area contributed by atoms with Crippen molar-refractivity contribution in [2.45, 2.75) is 31.1 Å². The van der Waals surface area contributed by atoms with Crippen LogP contribution in [0.3, 0.4) is 0 Å². The molecule has 0 aliphatic rings.